The van der Waals surface area contributed by atoms with Crippen molar-refractivity contribution in [2.75, 3.05) is 0 Å². The predicted octanol–water partition coefficient (Wildman–Crippen LogP) is 4.21. The topological polar surface area (TPSA) is 17.1 Å². The Balaban J connectivity index is 2.17. The van der Waals surface area contributed by atoms with Gasteiger partial charge in [0.2, 0.25) is 0 Å². The molecular weight excluding hydrogens is 196 g/mol. The van der Waals surface area contributed by atoms with Gasteiger partial charge in [0.1, 0.15) is 5.78 Å². The van der Waals surface area contributed by atoms with E-state index in [4.69, 9.17) is 0 Å². The SMILES string of the molecule is CC(C)[C@@H]1CC[C@@]2(C)CC(=O)CCCCC12. The van der Waals surface area contributed by atoms with E-state index in [0.717, 1.165) is 37.0 Å². The molecule has 92 valence electrons. The van der Waals surface area contributed by atoms with Gasteiger partial charge in [-0.1, -0.05) is 27.2 Å². The van der Waals surface area contributed by atoms with Crippen molar-refractivity contribution in [1.82, 2.24) is 0 Å². The summed E-state index contributed by atoms with van der Waals surface area (Å²) in [5.41, 5.74) is 0.340. The molecule has 2 fully saturated rings. The van der Waals surface area contributed by atoms with Crippen LogP contribution in [-0.2, 0) is 4.79 Å². The molecule has 0 aromatic heterocycles. The number of Topliss-reactive ketones (excluding diaryl/α,β-unsaturated/α-hetero) is 1. The molecule has 0 aromatic rings. The molecule has 0 aliphatic heterocycles. The Kier molecular flexibility index (Phi) is 3.42. The van der Waals surface area contributed by atoms with Gasteiger partial charge in [0.05, 0.1) is 0 Å². The van der Waals surface area contributed by atoms with Crippen LogP contribution in [-0.4, -0.2) is 5.78 Å². The molecule has 0 N–H and O–H groups in total. The fourth-order valence-electron chi connectivity index (χ4n) is 4.21. The van der Waals surface area contributed by atoms with E-state index in [-0.39, 0.29) is 0 Å². The van der Waals surface area contributed by atoms with Gasteiger partial charge >= 0.3 is 0 Å². The molecule has 2 rings (SSSR count). The highest BCUT2D eigenvalue weighted by Crippen LogP contribution is 2.54. The van der Waals surface area contributed by atoms with Crippen molar-refractivity contribution in [2.24, 2.45) is 23.2 Å². The van der Waals surface area contributed by atoms with Crippen molar-refractivity contribution in [1.29, 1.82) is 0 Å². The molecule has 3 atom stereocenters. The second kappa shape index (κ2) is 4.50. The zero-order chi connectivity index (χ0) is 11.8. The molecule has 16 heavy (non-hydrogen) atoms. The van der Waals surface area contributed by atoms with Crippen LogP contribution in [0.4, 0.5) is 0 Å². The average Bonchev–Trinajstić information content (AvgIpc) is 2.47. The summed E-state index contributed by atoms with van der Waals surface area (Å²) in [7, 11) is 0. The predicted molar refractivity (Wildman–Crippen MR) is 67.3 cm³/mol. The van der Waals surface area contributed by atoms with Crippen LogP contribution in [0, 0.1) is 23.2 Å². The Morgan fingerprint density at radius 3 is 2.69 bits per heavy atom. The summed E-state index contributed by atoms with van der Waals surface area (Å²) in [5.74, 6) is 3.01. The maximum absolute atomic E-state index is 11.9. The standard InChI is InChI=1S/C15H26O/c1-11(2)13-8-9-15(3)10-12(16)6-4-5-7-14(13)15/h11,13-14H,4-10H2,1-3H3/t13-,14?,15-/m0/s1. The smallest absolute Gasteiger partial charge is 0.133 e. The van der Waals surface area contributed by atoms with Crippen molar-refractivity contribution >= 4 is 5.78 Å². The van der Waals surface area contributed by atoms with E-state index in [0.29, 0.717) is 11.2 Å². The van der Waals surface area contributed by atoms with E-state index in [1.165, 1.54) is 25.7 Å². The van der Waals surface area contributed by atoms with Crippen LogP contribution in [0.25, 0.3) is 0 Å². The minimum atomic E-state index is 0.340. The molecule has 0 radical (unpaired) electrons. The lowest BCUT2D eigenvalue weighted by atomic mass is 9.68. The molecule has 0 amide bonds. The van der Waals surface area contributed by atoms with Gasteiger partial charge in [0.25, 0.3) is 0 Å². The summed E-state index contributed by atoms with van der Waals surface area (Å²) in [6, 6.07) is 0. The zero-order valence-electron chi connectivity index (χ0n) is 11.1. The minimum Gasteiger partial charge on any atom is -0.300 e. The van der Waals surface area contributed by atoms with Crippen molar-refractivity contribution in [3.8, 4) is 0 Å². The van der Waals surface area contributed by atoms with Crippen molar-refractivity contribution in [3.63, 3.8) is 0 Å². The fraction of sp³-hybridized carbons (Fsp3) is 0.933. The summed E-state index contributed by atoms with van der Waals surface area (Å²) in [5, 5.41) is 0. The maximum atomic E-state index is 11.9. The summed E-state index contributed by atoms with van der Waals surface area (Å²) < 4.78 is 0. The molecular formula is C15H26O. The van der Waals surface area contributed by atoms with Crippen LogP contribution in [0.5, 0.6) is 0 Å². The highest BCUT2D eigenvalue weighted by Gasteiger charge is 2.46. The Labute approximate surface area is 100.0 Å². The van der Waals surface area contributed by atoms with E-state index in [9.17, 15) is 4.79 Å². The Morgan fingerprint density at radius 1 is 1.25 bits per heavy atom. The van der Waals surface area contributed by atoms with Gasteiger partial charge in [0.15, 0.2) is 0 Å². The van der Waals surface area contributed by atoms with Gasteiger partial charge in [-0.3, -0.25) is 4.79 Å². The third-order valence-electron chi connectivity index (χ3n) is 5.14. The first-order valence-electron chi connectivity index (χ1n) is 7.04. The summed E-state index contributed by atoms with van der Waals surface area (Å²) >= 11 is 0. The molecule has 0 bridgehead atoms. The lowest BCUT2D eigenvalue weighted by molar-refractivity contribution is -0.122. The number of hydrogen-bond donors (Lipinski definition) is 0. The quantitative estimate of drug-likeness (QED) is 0.649. The molecule has 0 saturated heterocycles. The maximum Gasteiger partial charge on any atom is 0.133 e. The first kappa shape index (κ1) is 12.1. The summed E-state index contributed by atoms with van der Waals surface area (Å²) in [6.07, 6.45) is 8.12. The molecule has 2 saturated carbocycles. The molecule has 1 heteroatoms. The van der Waals surface area contributed by atoms with Crippen molar-refractivity contribution in [2.45, 2.75) is 65.7 Å². The number of hydrogen-bond acceptors (Lipinski definition) is 1. The Bertz CT molecular complexity index is 269. The number of rotatable bonds is 1. The van der Waals surface area contributed by atoms with Gasteiger partial charge in [-0.05, 0) is 48.9 Å². The second-order valence-electron chi connectivity index (χ2n) is 6.67. The molecule has 1 unspecified atom stereocenters. The molecule has 1 nitrogen and oxygen atoms in total. The molecule has 0 aromatic carbocycles. The summed E-state index contributed by atoms with van der Waals surface area (Å²) in [6.45, 7) is 7.09. The van der Waals surface area contributed by atoms with Gasteiger partial charge in [-0.25, -0.2) is 0 Å². The third-order valence-corrected chi connectivity index (χ3v) is 5.14. The number of carbonyl (C=O) groups excluding carboxylic acids is 1. The van der Waals surface area contributed by atoms with Gasteiger partial charge in [0, 0.05) is 12.8 Å². The van der Waals surface area contributed by atoms with Crippen LogP contribution in [0.3, 0.4) is 0 Å². The van der Waals surface area contributed by atoms with Crippen LogP contribution in [0.15, 0.2) is 0 Å². The van der Waals surface area contributed by atoms with Crippen molar-refractivity contribution < 1.29 is 4.79 Å². The lowest BCUT2D eigenvalue weighted by Gasteiger charge is -2.36. The second-order valence-corrected chi connectivity index (χ2v) is 6.67. The Morgan fingerprint density at radius 2 is 2.00 bits per heavy atom. The monoisotopic (exact) mass is 222 g/mol. The van der Waals surface area contributed by atoms with Gasteiger partial charge < -0.3 is 0 Å². The van der Waals surface area contributed by atoms with Crippen molar-refractivity contribution in [3.05, 3.63) is 0 Å². The zero-order valence-corrected chi connectivity index (χ0v) is 11.1. The highest BCUT2D eigenvalue weighted by molar-refractivity contribution is 5.79. The fourth-order valence-corrected chi connectivity index (χ4v) is 4.21. The Hall–Kier alpha value is -0.330. The summed E-state index contributed by atoms with van der Waals surface area (Å²) in [4.78, 5) is 11.9. The third kappa shape index (κ3) is 2.19. The van der Waals surface area contributed by atoms with E-state index in [2.05, 4.69) is 20.8 Å². The largest absolute Gasteiger partial charge is 0.300 e. The highest BCUT2D eigenvalue weighted by atomic mass is 16.1. The lowest BCUT2D eigenvalue weighted by Crippen LogP contribution is -2.31. The molecule has 2 aliphatic carbocycles. The van der Waals surface area contributed by atoms with Crippen LogP contribution in [0.1, 0.15) is 65.7 Å². The number of fused-ring (bicyclic) bond motifs is 1. The molecule has 0 spiro atoms. The van der Waals surface area contributed by atoms with Gasteiger partial charge in [-0.2, -0.15) is 0 Å². The van der Waals surface area contributed by atoms with E-state index < -0.39 is 0 Å². The average molecular weight is 222 g/mol. The van der Waals surface area contributed by atoms with Crippen LogP contribution < -0.4 is 0 Å². The first-order chi connectivity index (χ1) is 7.53. The van der Waals surface area contributed by atoms with E-state index >= 15 is 0 Å². The van der Waals surface area contributed by atoms with Crippen LogP contribution >= 0.6 is 0 Å². The van der Waals surface area contributed by atoms with Crippen LogP contribution in [0.2, 0.25) is 0 Å². The normalized spacial score (nSPS) is 40.6. The molecule has 0 heterocycles. The van der Waals surface area contributed by atoms with E-state index in [1.54, 1.807) is 0 Å². The first-order valence-corrected chi connectivity index (χ1v) is 7.04. The number of carbonyl (C=O) groups is 1. The van der Waals surface area contributed by atoms with Gasteiger partial charge in [-0.15, -0.1) is 0 Å². The number of ketones is 1. The minimum absolute atomic E-state index is 0.340. The van der Waals surface area contributed by atoms with E-state index in [1.807, 2.05) is 0 Å². The molecule has 2 aliphatic rings.